The second kappa shape index (κ2) is 13.1. The lowest BCUT2D eigenvalue weighted by molar-refractivity contribution is -0.385. The number of benzene rings is 1. The van der Waals surface area contributed by atoms with Crippen LogP contribution in [0.2, 0.25) is 0 Å². The lowest BCUT2D eigenvalue weighted by Crippen LogP contribution is -2.17. The molecule has 0 aliphatic heterocycles. The van der Waals surface area contributed by atoms with Crippen LogP contribution in [0.5, 0.6) is 0 Å². The molecule has 0 radical (unpaired) electrons. The topological polar surface area (TPSA) is 84.6 Å². The van der Waals surface area contributed by atoms with Crippen molar-refractivity contribution in [1.82, 2.24) is 5.43 Å². The smallest absolute Gasteiger partial charge is 0.273 e. The quantitative estimate of drug-likeness (QED) is 0.237. The fourth-order valence-electron chi connectivity index (χ4n) is 2.59. The normalized spacial score (nSPS) is 10.9. The lowest BCUT2D eigenvalue weighted by Gasteiger charge is -2.02. The van der Waals surface area contributed by atoms with Crippen LogP contribution in [0.25, 0.3) is 0 Å². The van der Waals surface area contributed by atoms with Gasteiger partial charge in [0, 0.05) is 12.5 Å². The minimum absolute atomic E-state index is 0.0283. The van der Waals surface area contributed by atoms with Gasteiger partial charge in [-0.15, -0.1) is 0 Å². The molecule has 0 saturated carbocycles. The first kappa shape index (κ1) is 20.8. The number of nitrogens with zero attached hydrogens (tertiary/aromatic N) is 2. The summed E-state index contributed by atoms with van der Waals surface area (Å²) < 4.78 is 0. The van der Waals surface area contributed by atoms with Crippen LogP contribution in [-0.4, -0.2) is 17.0 Å². The van der Waals surface area contributed by atoms with Crippen molar-refractivity contribution in [3.8, 4) is 0 Å². The highest BCUT2D eigenvalue weighted by Crippen LogP contribution is 2.15. The Bertz CT molecular complexity index is 559. The molecule has 0 fully saturated rings. The van der Waals surface area contributed by atoms with Gasteiger partial charge in [-0.2, -0.15) is 5.10 Å². The zero-order valence-corrected chi connectivity index (χ0v) is 15.1. The molecule has 0 saturated heterocycles. The van der Waals surface area contributed by atoms with Crippen LogP contribution in [0.3, 0.4) is 0 Å². The van der Waals surface area contributed by atoms with E-state index in [0.717, 1.165) is 12.8 Å². The fourth-order valence-corrected chi connectivity index (χ4v) is 2.59. The van der Waals surface area contributed by atoms with Crippen LogP contribution in [0.1, 0.15) is 76.7 Å². The summed E-state index contributed by atoms with van der Waals surface area (Å²) >= 11 is 0. The van der Waals surface area contributed by atoms with Crippen molar-refractivity contribution in [2.75, 3.05) is 0 Å². The van der Waals surface area contributed by atoms with Gasteiger partial charge in [0.2, 0.25) is 5.91 Å². The predicted octanol–water partition coefficient (Wildman–Crippen LogP) is 4.97. The number of amides is 1. The lowest BCUT2D eigenvalue weighted by atomic mass is 10.1. The van der Waals surface area contributed by atoms with Crippen LogP contribution in [0.15, 0.2) is 29.4 Å². The fraction of sp³-hybridized carbons (Fsp3) is 0.579. The van der Waals surface area contributed by atoms with Crippen molar-refractivity contribution < 1.29 is 9.72 Å². The monoisotopic (exact) mass is 347 g/mol. The number of hydrazone groups is 1. The average Bonchev–Trinajstić information content (AvgIpc) is 2.60. The Labute approximate surface area is 149 Å². The van der Waals surface area contributed by atoms with E-state index >= 15 is 0 Å². The van der Waals surface area contributed by atoms with Gasteiger partial charge in [0.05, 0.1) is 16.7 Å². The van der Waals surface area contributed by atoms with Crippen molar-refractivity contribution >= 4 is 17.8 Å². The first-order chi connectivity index (χ1) is 12.1. The van der Waals surface area contributed by atoms with Gasteiger partial charge in [0.25, 0.3) is 5.69 Å². The molecule has 25 heavy (non-hydrogen) atoms. The van der Waals surface area contributed by atoms with Gasteiger partial charge in [0.1, 0.15) is 0 Å². The van der Waals surface area contributed by atoms with E-state index < -0.39 is 4.92 Å². The zero-order chi connectivity index (χ0) is 18.3. The molecule has 0 heterocycles. The molecule has 138 valence electrons. The van der Waals surface area contributed by atoms with E-state index in [-0.39, 0.29) is 11.6 Å². The molecule has 1 amide bonds. The highest BCUT2D eigenvalue weighted by Gasteiger charge is 2.09. The molecular formula is C19H29N3O3. The summed E-state index contributed by atoms with van der Waals surface area (Å²) in [7, 11) is 0. The summed E-state index contributed by atoms with van der Waals surface area (Å²) in [5, 5.41) is 14.7. The van der Waals surface area contributed by atoms with Crippen LogP contribution in [0.4, 0.5) is 5.69 Å². The minimum Gasteiger partial charge on any atom is -0.273 e. The second-order valence-electron chi connectivity index (χ2n) is 6.19. The molecule has 0 aromatic heterocycles. The molecule has 0 aliphatic rings. The summed E-state index contributed by atoms with van der Waals surface area (Å²) in [5.74, 6) is -0.155. The van der Waals surface area contributed by atoms with Gasteiger partial charge in [-0.3, -0.25) is 14.9 Å². The number of carbonyl (C=O) groups is 1. The molecule has 0 atom stereocenters. The third-order valence-corrected chi connectivity index (χ3v) is 4.03. The largest absolute Gasteiger partial charge is 0.278 e. The Morgan fingerprint density at radius 2 is 1.68 bits per heavy atom. The Morgan fingerprint density at radius 1 is 1.08 bits per heavy atom. The van der Waals surface area contributed by atoms with Crippen LogP contribution >= 0.6 is 0 Å². The molecule has 1 aromatic carbocycles. The molecule has 0 spiro atoms. The van der Waals surface area contributed by atoms with Crippen LogP contribution in [-0.2, 0) is 4.79 Å². The number of hydrogen-bond acceptors (Lipinski definition) is 4. The van der Waals surface area contributed by atoms with Crippen LogP contribution in [0, 0.1) is 10.1 Å². The number of nitro groups is 1. The summed E-state index contributed by atoms with van der Waals surface area (Å²) in [4.78, 5) is 22.1. The maximum absolute atomic E-state index is 11.7. The maximum Gasteiger partial charge on any atom is 0.278 e. The Morgan fingerprint density at radius 3 is 2.32 bits per heavy atom. The molecule has 1 N–H and O–H groups in total. The first-order valence-corrected chi connectivity index (χ1v) is 9.20. The Balaban J connectivity index is 2.14. The van der Waals surface area contributed by atoms with E-state index in [1.807, 2.05) is 0 Å². The molecule has 1 aromatic rings. The number of nitrogens with one attached hydrogen (secondary N) is 1. The van der Waals surface area contributed by atoms with Gasteiger partial charge < -0.3 is 0 Å². The van der Waals surface area contributed by atoms with Gasteiger partial charge in [-0.05, 0) is 12.5 Å². The average molecular weight is 347 g/mol. The van der Waals surface area contributed by atoms with Gasteiger partial charge in [-0.25, -0.2) is 5.43 Å². The summed E-state index contributed by atoms with van der Waals surface area (Å²) in [5.41, 5.74) is 2.77. The molecule has 6 heteroatoms. The molecule has 6 nitrogen and oxygen atoms in total. The third-order valence-electron chi connectivity index (χ3n) is 4.03. The summed E-state index contributed by atoms with van der Waals surface area (Å²) in [6.07, 6.45) is 12.6. The SMILES string of the molecule is CCCCCCCCCCCC(=O)N/N=C/c1ccccc1[N+](=O)[O-]. The molecule has 0 bridgehead atoms. The third kappa shape index (κ3) is 9.59. The molecular weight excluding hydrogens is 318 g/mol. The van der Waals surface area contributed by atoms with Crippen molar-refractivity contribution in [3.05, 3.63) is 39.9 Å². The zero-order valence-electron chi connectivity index (χ0n) is 15.1. The number of hydrogen-bond donors (Lipinski definition) is 1. The second-order valence-corrected chi connectivity index (χ2v) is 6.19. The van der Waals surface area contributed by atoms with Crippen molar-refractivity contribution in [1.29, 1.82) is 0 Å². The number of rotatable bonds is 13. The number of nitro benzene ring substituents is 1. The minimum atomic E-state index is -0.467. The van der Waals surface area contributed by atoms with E-state index in [4.69, 9.17) is 0 Å². The first-order valence-electron chi connectivity index (χ1n) is 9.20. The van der Waals surface area contributed by atoms with Gasteiger partial charge in [0.15, 0.2) is 0 Å². The van der Waals surface area contributed by atoms with Crippen LogP contribution < -0.4 is 5.43 Å². The van der Waals surface area contributed by atoms with Crippen molar-refractivity contribution in [2.24, 2.45) is 5.10 Å². The summed E-state index contributed by atoms with van der Waals surface area (Å²) in [6.45, 7) is 2.22. The molecule has 0 unspecified atom stereocenters. The van der Waals surface area contributed by atoms with Gasteiger partial charge in [-0.1, -0.05) is 70.4 Å². The highest BCUT2D eigenvalue weighted by molar-refractivity contribution is 5.86. The number of para-hydroxylation sites is 1. The molecule has 0 aliphatic carbocycles. The standard InChI is InChI=1S/C19H29N3O3/c1-2-3-4-5-6-7-8-9-10-15-19(23)21-20-16-17-13-11-12-14-18(17)22(24)25/h11-14,16H,2-10,15H2,1H3,(H,21,23)/b20-16+. The number of carbonyl (C=O) groups excluding carboxylic acids is 1. The van der Waals surface area contributed by atoms with E-state index in [1.54, 1.807) is 18.2 Å². The predicted molar refractivity (Wildman–Crippen MR) is 101 cm³/mol. The number of unbranched alkanes of at least 4 members (excludes halogenated alkanes) is 8. The van der Waals surface area contributed by atoms with Gasteiger partial charge >= 0.3 is 0 Å². The van der Waals surface area contributed by atoms with E-state index in [2.05, 4.69) is 17.5 Å². The van der Waals surface area contributed by atoms with E-state index in [9.17, 15) is 14.9 Å². The molecule has 1 rings (SSSR count). The van der Waals surface area contributed by atoms with Crippen molar-refractivity contribution in [2.45, 2.75) is 71.1 Å². The van der Waals surface area contributed by atoms with Crippen molar-refractivity contribution in [3.63, 3.8) is 0 Å². The Kier molecular flexibility index (Phi) is 10.9. The maximum atomic E-state index is 11.7. The van der Waals surface area contributed by atoms with E-state index in [0.29, 0.717) is 12.0 Å². The summed E-state index contributed by atoms with van der Waals surface area (Å²) in [6, 6.07) is 6.29. The Hall–Kier alpha value is -2.24. The van der Waals surface area contributed by atoms with E-state index in [1.165, 1.54) is 57.2 Å². The highest BCUT2D eigenvalue weighted by atomic mass is 16.6.